The Morgan fingerprint density at radius 3 is 2.71 bits per heavy atom. The maximum Gasteiger partial charge on any atom is 0.223 e. The normalized spacial score (nSPS) is 17.5. The Kier molecular flexibility index (Phi) is 7.46. The van der Waals surface area contributed by atoms with E-state index in [4.69, 9.17) is 4.74 Å². The lowest BCUT2D eigenvalue weighted by Gasteiger charge is -2.31. The van der Waals surface area contributed by atoms with Crippen LogP contribution in [0.15, 0.2) is 24.3 Å². The van der Waals surface area contributed by atoms with Crippen molar-refractivity contribution in [3.05, 3.63) is 30.1 Å². The van der Waals surface area contributed by atoms with Crippen molar-refractivity contribution in [3.8, 4) is 5.75 Å². The summed E-state index contributed by atoms with van der Waals surface area (Å²) in [4.78, 5) is 14.0. The van der Waals surface area contributed by atoms with Gasteiger partial charge in [0.2, 0.25) is 5.91 Å². The monoisotopic (exact) mass is 338 g/mol. The van der Waals surface area contributed by atoms with Gasteiger partial charge in [-0.2, -0.15) is 0 Å². The zero-order chi connectivity index (χ0) is 17.4. The van der Waals surface area contributed by atoms with Crippen LogP contribution in [0.25, 0.3) is 0 Å². The van der Waals surface area contributed by atoms with E-state index in [1.165, 1.54) is 37.1 Å². The largest absolute Gasteiger partial charge is 0.493 e. The molecular weight excluding hydrogens is 311 g/mol. The van der Waals surface area contributed by atoms with Gasteiger partial charge in [-0.3, -0.25) is 4.79 Å². The van der Waals surface area contributed by atoms with Gasteiger partial charge in [0, 0.05) is 13.1 Å². The average molecular weight is 338 g/mol. The van der Waals surface area contributed by atoms with Crippen molar-refractivity contribution in [2.45, 2.75) is 32.3 Å². The van der Waals surface area contributed by atoms with Crippen molar-refractivity contribution in [1.82, 2.24) is 10.2 Å². The van der Waals surface area contributed by atoms with Gasteiger partial charge in [0.1, 0.15) is 11.6 Å². The molecule has 0 aliphatic carbocycles. The van der Waals surface area contributed by atoms with Crippen LogP contribution in [0.3, 0.4) is 0 Å². The number of rotatable bonds is 8. The number of carbonyl (C=O) groups excluding carboxylic acids is 1. The molecule has 1 saturated heterocycles. The van der Waals surface area contributed by atoms with Crippen molar-refractivity contribution in [3.63, 3.8) is 0 Å². The number of carbonyl (C=O) groups is 1. The number of hydrogen-bond acceptors (Lipinski definition) is 4. The van der Waals surface area contributed by atoms with Crippen LogP contribution in [-0.4, -0.2) is 54.8 Å². The first-order valence-electron chi connectivity index (χ1n) is 8.58. The predicted molar refractivity (Wildman–Crippen MR) is 90.4 cm³/mol. The Hall–Kier alpha value is -1.66. The summed E-state index contributed by atoms with van der Waals surface area (Å²) in [6.07, 6.45) is 1.98. The van der Waals surface area contributed by atoms with Crippen LogP contribution < -0.4 is 10.1 Å². The van der Waals surface area contributed by atoms with Gasteiger partial charge in [-0.25, -0.2) is 4.39 Å². The van der Waals surface area contributed by atoms with E-state index in [1.807, 2.05) is 0 Å². The van der Waals surface area contributed by atoms with E-state index in [1.54, 1.807) is 0 Å². The minimum absolute atomic E-state index is 0.163. The zero-order valence-corrected chi connectivity index (χ0v) is 14.2. The zero-order valence-electron chi connectivity index (χ0n) is 14.2. The quantitative estimate of drug-likeness (QED) is 0.759. The summed E-state index contributed by atoms with van der Waals surface area (Å²) in [6.45, 7) is 5.34. The molecule has 1 aliphatic rings. The molecule has 24 heavy (non-hydrogen) atoms. The molecule has 6 heteroatoms. The molecule has 1 unspecified atom stereocenters. The highest BCUT2D eigenvalue weighted by atomic mass is 19.1. The van der Waals surface area contributed by atoms with Gasteiger partial charge in [-0.05, 0) is 56.1 Å². The number of nitrogens with one attached hydrogen (secondary N) is 1. The Morgan fingerprint density at radius 2 is 2.04 bits per heavy atom. The van der Waals surface area contributed by atoms with Crippen LogP contribution in [0.1, 0.15) is 26.2 Å². The second kappa shape index (κ2) is 9.59. The molecule has 0 spiro atoms. The molecule has 1 aromatic rings. The summed E-state index contributed by atoms with van der Waals surface area (Å²) < 4.78 is 18.1. The van der Waals surface area contributed by atoms with Gasteiger partial charge in [0.15, 0.2) is 0 Å². The SMILES string of the molecule is CC1CCN(CC(O)CNC(=O)CCOc2ccc(F)cc2)CC1. The highest BCUT2D eigenvalue weighted by Gasteiger charge is 2.18. The highest BCUT2D eigenvalue weighted by Crippen LogP contribution is 2.15. The Morgan fingerprint density at radius 1 is 1.38 bits per heavy atom. The molecule has 5 nitrogen and oxygen atoms in total. The third-order valence-corrected chi connectivity index (χ3v) is 4.29. The molecule has 2 N–H and O–H groups in total. The predicted octanol–water partition coefficient (Wildman–Crippen LogP) is 1.80. The lowest BCUT2D eigenvalue weighted by molar-refractivity contribution is -0.122. The fourth-order valence-corrected chi connectivity index (χ4v) is 2.72. The number of likely N-dealkylation sites (tertiary alicyclic amines) is 1. The second-order valence-electron chi connectivity index (χ2n) is 6.49. The molecule has 0 radical (unpaired) electrons. The van der Waals surface area contributed by atoms with E-state index in [0.717, 1.165) is 19.0 Å². The van der Waals surface area contributed by atoms with E-state index in [-0.39, 0.29) is 31.3 Å². The number of benzene rings is 1. The van der Waals surface area contributed by atoms with Crippen molar-refractivity contribution in [1.29, 1.82) is 0 Å². The van der Waals surface area contributed by atoms with E-state index in [2.05, 4.69) is 17.1 Å². The summed E-state index contributed by atoms with van der Waals surface area (Å²) in [7, 11) is 0. The van der Waals surface area contributed by atoms with Crippen molar-refractivity contribution in [2.24, 2.45) is 5.92 Å². The first-order chi connectivity index (χ1) is 11.5. The molecular formula is C18H27FN2O3. The van der Waals surface area contributed by atoms with Crippen LogP contribution in [0.5, 0.6) is 5.75 Å². The number of halogens is 1. The Labute approximate surface area is 142 Å². The third kappa shape index (κ3) is 6.84. The number of piperidine rings is 1. The minimum atomic E-state index is -0.555. The summed E-state index contributed by atoms with van der Waals surface area (Å²) in [5, 5.41) is 12.7. The van der Waals surface area contributed by atoms with Crippen LogP contribution >= 0.6 is 0 Å². The molecule has 1 amide bonds. The highest BCUT2D eigenvalue weighted by molar-refractivity contribution is 5.76. The number of amides is 1. The summed E-state index contributed by atoms with van der Waals surface area (Å²) >= 11 is 0. The Balaban J connectivity index is 1.56. The molecule has 0 saturated carbocycles. The number of aliphatic hydroxyl groups excluding tert-OH is 1. The smallest absolute Gasteiger partial charge is 0.223 e. The second-order valence-corrected chi connectivity index (χ2v) is 6.49. The molecule has 1 aliphatic heterocycles. The lowest BCUT2D eigenvalue weighted by Crippen LogP contribution is -2.43. The van der Waals surface area contributed by atoms with Crippen molar-refractivity contribution < 1.29 is 19.0 Å². The van der Waals surface area contributed by atoms with Crippen LogP contribution in [0, 0.1) is 11.7 Å². The first-order valence-corrected chi connectivity index (χ1v) is 8.58. The molecule has 0 aromatic heterocycles. The van der Waals surface area contributed by atoms with Crippen LogP contribution in [0.4, 0.5) is 4.39 Å². The summed E-state index contributed by atoms with van der Waals surface area (Å²) in [5.74, 6) is 0.809. The molecule has 2 rings (SSSR count). The van der Waals surface area contributed by atoms with Crippen LogP contribution in [0.2, 0.25) is 0 Å². The Bertz CT molecular complexity index is 501. The van der Waals surface area contributed by atoms with Crippen LogP contribution in [-0.2, 0) is 4.79 Å². The molecule has 1 aromatic carbocycles. The van der Waals surface area contributed by atoms with E-state index >= 15 is 0 Å². The van der Waals surface area contributed by atoms with Gasteiger partial charge in [0.25, 0.3) is 0 Å². The molecule has 0 bridgehead atoms. The number of hydrogen-bond donors (Lipinski definition) is 2. The number of ether oxygens (including phenoxy) is 1. The summed E-state index contributed by atoms with van der Waals surface area (Å²) in [6, 6.07) is 5.67. The minimum Gasteiger partial charge on any atom is -0.493 e. The lowest BCUT2D eigenvalue weighted by atomic mass is 9.99. The maximum absolute atomic E-state index is 12.8. The molecule has 1 fully saturated rings. The van der Waals surface area contributed by atoms with Crippen molar-refractivity contribution >= 4 is 5.91 Å². The summed E-state index contributed by atoms with van der Waals surface area (Å²) in [5.41, 5.74) is 0. The van der Waals surface area contributed by atoms with Gasteiger partial charge < -0.3 is 20.1 Å². The van der Waals surface area contributed by atoms with Gasteiger partial charge >= 0.3 is 0 Å². The average Bonchev–Trinajstić information content (AvgIpc) is 2.57. The number of β-amino-alcohol motifs (C(OH)–C–C–N with tert-alkyl or cyclic N) is 1. The fourth-order valence-electron chi connectivity index (χ4n) is 2.72. The van der Waals surface area contributed by atoms with Gasteiger partial charge in [-0.1, -0.05) is 6.92 Å². The van der Waals surface area contributed by atoms with Gasteiger partial charge in [-0.15, -0.1) is 0 Å². The topological polar surface area (TPSA) is 61.8 Å². The van der Waals surface area contributed by atoms with E-state index in [0.29, 0.717) is 12.3 Å². The third-order valence-electron chi connectivity index (χ3n) is 4.29. The number of nitrogens with zero attached hydrogens (tertiary/aromatic N) is 1. The molecule has 1 atom stereocenters. The van der Waals surface area contributed by atoms with Crippen molar-refractivity contribution in [2.75, 3.05) is 32.8 Å². The van der Waals surface area contributed by atoms with Gasteiger partial charge in [0.05, 0.1) is 19.1 Å². The maximum atomic E-state index is 12.8. The first kappa shape index (κ1) is 18.7. The van der Waals surface area contributed by atoms with E-state index in [9.17, 15) is 14.3 Å². The van der Waals surface area contributed by atoms with E-state index < -0.39 is 6.10 Å². The molecule has 134 valence electrons. The standard InChI is InChI=1S/C18H27FN2O3/c1-14-6-9-21(10-7-14)13-16(22)12-20-18(23)8-11-24-17-4-2-15(19)3-5-17/h2-5,14,16,22H,6-13H2,1H3,(H,20,23). The molecule has 1 heterocycles. The fraction of sp³-hybridized carbons (Fsp3) is 0.611. The number of aliphatic hydroxyl groups is 1.